The number of nitrogens with one attached hydrogen (secondary N) is 2. The molecule has 22 heavy (non-hydrogen) atoms. The summed E-state index contributed by atoms with van der Waals surface area (Å²) >= 11 is 0. The Hall–Kier alpha value is -2.11. The molecule has 2 aromatic rings. The molecule has 0 bridgehead atoms. The van der Waals surface area contributed by atoms with E-state index in [0.29, 0.717) is 12.1 Å². The van der Waals surface area contributed by atoms with Crippen LogP contribution in [0.5, 0.6) is 0 Å². The molecule has 0 spiro atoms. The molecule has 3 rings (SSSR count). The lowest BCUT2D eigenvalue weighted by Crippen LogP contribution is -3.15. The van der Waals surface area contributed by atoms with Crippen molar-refractivity contribution in [3.05, 3.63) is 60.1 Å². The Labute approximate surface area is 129 Å². The van der Waals surface area contributed by atoms with Crippen LogP contribution in [0.25, 0.3) is 0 Å². The van der Waals surface area contributed by atoms with E-state index in [4.69, 9.17) is 9.15 Å². The lowest BCUT2D eigenvalue weighted by molar-refractivity contribution is -0.938. The van der Waals surface area contributed by atoms with E-state index in [1.54, 1.807) is 6.26 Å². The summed E-state index contributed by atoms with van der Waals surface area (Å²) in [4.78, 5) is 13.6. The fourth-order valence-electron chi connectivity index (χ4n) is 2.80. The van der Waals surface area contributed by atoms with Gasteiger partial charge in [0.1, 0.15) is 13.1 Å². The minimum atomic E-state index is -0.0511. The molecule has 0 unspecified atom stereocenters. The third-order valence-corrected chi connectivity index (χ3v) is 4.02. The van der Waals surface area contributed by atoms with Crippen molar-refractivity contribution in [2.24, 2.45) is 0 Å². The average molecular weight is 301 g/mol. The number of morpholine rings is 1. The molecule has 1 aromatic heterocycles. The number of hydrogen-bond acceptors (Lipinski definition) is 3. The highest BCUT2D eigenvalue weighted by molar-refractivity contribution is 5.94. The Morgan fingerprint density at radius 1 is 1.14 bits per heavy atom. The molecule has 1 atom stereocenters. The molecule has 5 nitrogen and oxygen atoms in total. The zero-order valence-corrected chi connectivity index (χ0v) is 12.5. The van der Waals surface area contributed by atoms with Gasteiger partial charge in [-0.15, -0.1) is 0 Å². The molecule has 1 aliphatic heterocycles. The third kappa shape index (κ3) is 3.55. The van der Waals surface area contributed by atoms with Gasteiger partial charge in [0, 0.05) is 5.56 Å². The van der Waals surface area contributed by atoms with E-state index in [2.05, 4.69) is 5.32 Å². The topological polar surface area (TPSA) is 55.9 Å². The largest absolute Gasteiger partial charge is 0.463 e. The lowest BCUT2D eigenvalue weighted by atomic mass is 10.1. The van der Waals surface area contributed by atoms with E-state index < -0.39 is 0 Å². The van der Waals surface area contributed by atoms with Crippen molar-refractivity contribution in [2.45, 2.75) is 6.04 Å². The molecular weight excluding hydrogens is 280 g/mol. The molecule has 0 saturated carbocycles. The molecule has 2 N–H and O–H groups in total. The van der Waals surface area contributed by atoms with Crippen LogP contribution in [0.1, 0.15) is 22.2 Å². The molecule has 1 fully saturated rings. The normalized spacial score (nSPS) is 17.1. The van der Waals surface area contributed by atoms with Crippen LogP contribution >= 0.6 is 0 Å². The fraction of sp³-hybridized carbons (Fsp3) is 0.353. The predicted molar refractivity (Wildman–Crippen MR) is 81.7 cm³/mol. The molecule has 1 saturated heterocycles. The van der Waals surface area contributed by atoms with Gasteiger partial charge in [-0.1, -0.05) is 18.2 Å². The van der Waals surface area contributed by atoms with Crippen molar-refractivity contribution < 1.29 is 18.8 Å². The first kappa shape index (κ1) is 14.8. The van der Waals surface area contributed by atoms with Crippen molar-refractivity contribution in [3.8, 4) is 0 Å². The van der Waals surface area contributed by atoms with Gasteiger partial charge in [0.25, 0.3) is 5.91 Å². The zero-order valence-electron chi connectivity index (χ0n) is 12.5. The Morgan fingerprint density at radius 2 is 1.91 bits per heavy atom. The number of quaternary nitrogens is 1. The third-order valence-electron chi connectivity index (χ3n) is 4.02. The van der Waals surface area contributed by atoms with Crippen LogP contribution in [-0.2, 0) is 4.74 Å². The highest BCUT2D eigenvalue weighted by atomic mass is 16.5. The summed E-state index contributed by atoms with van der Waals surface area (Å²) in [5, 5.41) is 3.02. The lowest BCUT2D eigenvalue weighted by Gasteiger charge is -2.30. The molecule has 1 aliphatic rings. The molecule has 5 heteroatoms. The van der Waals surface area contributed by atoms with Gasteiger partial charge in [0.2, 0.25) is 0 Å². The van der Waals surface area contributed by atoms with Crippen LogP contribution in [-0.4, -0.2) is 38.8 Å². The van der Waals surface area contributed by atoms with Crippen LogP contribution in [0.15, 0.2) is 53.1 Å². The second kappa shape index (κ2) is 7.24. The van der Waals surface area contributed by atoms with E-state index in [9.17, 15) is 4.79 Å². The van der Waals surface area contributed by atoms with Crippen molar-refractivity contribution in [1.29, 1.82) is 0 Å². The van der Waals surface area contributed by atoms with E-state index >= 15 is 0 Å². The van der Waals surface area contributed by atoms with Gasteiger partial charge in [-0.05, 0) is 24.3 Å². The van der Waals surface area contributed by atoms with E-state index in [1.165, 1.54) is 4.90 Å². The maximum absolute atomic E-state index is 12.2. The minimum absolute atomic E-state index is 0.0511. The number of benzene rings is 1. The molecule has 116 valence electrons. The fourth-order valence-corrected chi connectivity index (χ4v) is 2.80. The van der Waals surface area contributed by atoms with Gasteiger partial charge in [-0.25, -0.2) is 0 Å². The number of ether oxygens (including phenoxy) is 1. The second-order valence-corrected chi connectivity index (χ2v) is 5.41. The molecule has 1 aromatic carbocycles. The first-order valence-corrected chi connectivity index (χ1v) is 7.63. The first-order valence-electron chi connectivity index (χ1n) is 7.63. The Kier molecular flexibility index (Phi) is 4.88. The SMILES string of the molecule is O=C(NC[C@H](c1ccco1)[NH+]1CCOCC1)c1ccccc1. The van der Waals surface area contributed by atoms with Gasteiger partial charge in [0.05, 0.1) is 26.0 Å². The van der Waals surface area contributed by atoms with Crippen LogP contribution in [0.2, 0.25) is 0 Å². The first-order chi connectivity index (χ1) is 10.8. The summed E-state index contributed by atoms with van der Waals surface area (Å²) in [7, 11) is 0. The average Bonchev–Trinajstić information content (AvgIpc) is 3.11. The van der Waals surface area contributed by atoms with Crippen LogP contribution in [0, 0.1) is 0 Å². The molecule has 2 heterocycles. The zero-order chi connectivity index (χ0) is 15.2. The van der Waals surface area contributed by atoms with Crippen molar-refractivity contribution in [1.82, 2.24) is 5.32 Å². The molecular formula is C17H21N2O3+. The van der Waals surface area contributed by atoms with Gasteiger partial charge in [0.15, 0.2) is 11.8 Å². The van der Waals surface area contributed by atoms with Crippen LogP contribution < -0.4 is 10.2 Å². The number of amides is 1. The smallest absolute Gasteiger partial charge is 0.251 e. The molecule has 0 radical (unpaired) electrons. The van der Waals surface area contributed by atoms with Gasteiger partial charge < -0.3 is 19.4 Å². The summed E-state index contributed by atoms with van der Waals surface area (Å²) in [6.07, 6.45) is 1.68. The molecule has 0 aliphatic carbocycles. The highest BCUT2D eigenvalue weighted by Gasteiger charge is 2.28. The Morgan fingerprint density at radius 3 is 2.59 bits per heavy atom. The Bertz CT molecular complexity index is 577. The number of carbonyl (C=O) groups is 1. The van der Waals surface area contributed by atoms with Crippen LogP contribution in [0.4, 0.5) is 0 Å². The maximum atomic E-state index is 12.2. The molecule has 1 amide bonds. The maximum Gasteiger partial charge on any atom is 0.251 e. The summed E-state index contributed by atoms with van der Waals surface area (Å²) in [5.74, 6) is 0.857. The van der Waals surface area contributed by atoms with Crippen LogP contribution in [0.3, 0.4) is 0 Å². The standard InChI is InChI=1S/C17H20N2O3/c20-17(14-5-2-1-3-6-14)18-13-15(16-7-4-10-22-16)19-8-11-21-12-9-19/h1-7,10,15H,8-9,11-13H2,(H,18,20)/p+1/t15-/m1/s1. The number of hydrogen-bond donors (Lipinski definition) is 2. The summed E-state index contributed by atoms with van der Waals surface area (Å²) < 4.78 is 11.0. The van der Waals surface area contributed by atoms with Crippen molar-refractivity contribution in [3.63, 3.8) is 0 Å². The summed E-state index contributed by atoms with van der Waals surface area (Å²) in [6, 6.07) is 13.3. The number of rotatable bonds is 5. The number of carbonyl (C=O) groups excluding carboxylic acids is 1. The van der Waals surface area contributed by atoms with Gasteiger partial charge in [-0.2, -0.15) is 0 Å². The highest BCUT2D eigenvalue weighted by Crippen LogP contribution is 2.10. The second-order valence-electron chi connectivity index (χ2n) is 5.41. The number of furan rings is 1. The monoisotopic (exact) mass is 301 g/mol. The van der Waals surface area contributed by atoms with Gasteiger partial charge in [-0.3, -0.25) is 4.79 Å². The van der Waals surface area contributed by atoms with Crippen molar-refractivity contribution in [2.75, 3.05) is 32.8 Å². The van der Waals surface area contributed by atoms with Crippen molar-refractivity contribution >= 4 is 5.91 Å². The summed E-state index contributed by atoms with van der Waals surface area (Å²) in [6.45, 7) is 3.90. The van der Waals surface area contributed by atoms with E-state index in [0.717, 1.165) is 32.1 Å². The van der Waals surface area contributed by atoms with E-state index in [-0.39, 0.29) is 11.9 Å². The van der Waals surface area contributed by atoms with E-state index in [1.807, 2.05) is 42.5 Å². The quantitative estimate of drug-likeness (QED) is 0.853. The summed E-state index contributed by atoms with van der Waals surface area (Å²) in [5.41, 5.74) is 0.678. The van der Waals surface area contributed by atoms with Gasteiger partial charge >= 0.3 is 0 Å². The predicted octanol–water partition coefficient (Wildman–Crippen LogP) is 0.666. The minimum Gasteiger partial charge on any atom is -0.463 e. The Balaban J connectivity index is 1.66.